The molecule has 6 N–H and O–H groups in total. The molecule has 1 fully saturated rings. The van der Waals surface area contributed by atoms with Gasteiger partial charge in [0.05, 0.1) is 19.0 Å². The second-order valence-corrected chi connectivity index (χ2v) is 4.61. The predicted molar refractivity (Wildman–Crippen MR) is 66.1 cm³/mol. The number of hydrazine groups is 1. The van der Waals surface area contributed by atoms with E-state index in [0.717, 1.165) is 0 Å². The number of nitrogens with two attached hydrogens (primary N) is 2. The number of fused-ring (bicyclic) bond motifs is 1. The summed E-state index contributed by atoms with van der Waals surface area (Å²) in [5.74, 6) is 6.72. The summed E-state index contributed by atoms with van der Waals surface area (Å²) in [5, 5.41) is 20.5. The molecule has 104 valence electrons. The summed E-state index contributed by atoms with van der Waals surface area (Å²) < 4.78 is 7.20. The third kappa shape index (κ3) is 1.87. The zero-order valence-corrected chi connectivity index (χ0v) is 10.2. The highest BCUT2D eigenvalue weighted by atomic mass is 16.5. The predicted octanol–water partition coefficient (Wildman–Crippen LogP) is -2.12. The maximum atomic E-state index is 10.0. The Morgan fingerprint density at radius 2 is 2.32 bits per heavy atom. The standard InChI is InChI=1S/C10H16N6O3/c11-8-7-9(16(12)4-14-8)15(3-13-7)10-6(18)1-5(2-17)19-10/h3,5-6,10,17-18H,1-2,4,12H2,(H2,11,14)/t5-,6+,10+/m0/s1. The van der Waals surface area contributed by atoms with Gasteiger partial charge < -0.3 is 20.7 Å². The van der Waals surface area contributed by atoms with Crippen molar-refractivity contribution in [3.63, 3.8) is 0 Å². The number of aliphatic hydroxyl groups excluding tert-OH is 2. The highest BCUT2D eigenvalue weighted by Crippen LogP contribution is 2.33. The average molecular weight is 268 g/mol. The van der Waals surface area contributed by atoms with Crippen LogP contribution in [0.2, 0.25) is 0 Å². The molecule has 2 aliphatic rings. The first kappa shape index (κ1) is 12.4. The molecule has 0 aliphatic carbocycles. The Kier molecular flexibility index (Phi) is 2.90. The molecule has 3 atom stereocenters. The van der Waals surface area contributed by atoms with Crippen LogP contribution in [0, 0.1) is 0 Å². The van der Waals surface area contributed by atoms with E-state index in [1.165, 1.54) is 11.3 Å². The number of nitrogens with zero attached hydrogens (tertiary/aromatic N) is 4. The maximum Gasteiger partial charge on any atom is 0.163 e. The quantitative estimate of drug-likeness (QED) is 0.450. The molecule has 1 aromatic heterocycles. The largest absolute Gasteiger partial charge is 0.394 e. The van der Waals surface area contributed by atoms with Crippen LogP contribution >= 0.6 is 0 Å². The fraction of sp³-hybridized carbons (Fsp3) is 0.600. The van der Waals surface area contributed by atoms with Gasteiger partial charge in [-0.15, -0.1) is 0 Å². The van der Waals surface area contributed by atoms with E-state index in [4.69, 9.17) is 21.4 Å². The first-order valence-electron chi connectivity index (χ1n) is 5.95. The number of anilines is 1. The highest BCUT2D eigenvalue weighted by Gasteiger charge is 2.37. The van der Waals surface area contributed by atoms with Gasteiger partial charge in [0.2, 0.25) is 0 Å². The summed E-state index contributed by atoms with van der Waals surface area (Å²) in [6.07, 6.45) is 0.113. The fourth-order valence-electron chi connectivity index (χ4n) is 2.40. The second-order valence-electron chi connectivity index (χ2n) is 4.61. The monoisotopic (exact) mass is 268 g/mol. The average Bonchev–Trinajstić information content (AvgIpc) is 2.97. The summed E-state index contributed by atoms with van der Waals surface area (Å²) in [5.41, 5.74) is 6.23. The molecule has 0 spiro atoms. The molecule has 0 saturated carbocycles. The van der Waals surface area contributed by atoms with Crippen molar-refractivity contribution in [1.29, 1.82) is 0 Å². The minimum absolute atomic E-state index is 0.139. The van der Waals surface area contributed by atoms with Crippen molar-refractivity contribution >= 4 is 11.7 Å². The van der Waals surface area contributed by atoms with Crippen LogP contribution in [-0.4, -0.2) is 51.1 Å². The summed E-state index contributed by atoms with van der Waals surface area (Å²) in [6, 6.07) is 0. The van der Waals surface area contributed by atoms with E-state index in [-0.39, 0.29) is 19.4 Å². The van der Waals surface area contributed by atoms with Crippen molar-refractivity contribution in [1.82, 2.24) is 9.55 Å². The van der Waals surface area contributed by atoms with Crippen molar-refractivity contribution < 1.29 is 14.9 Å². The first-order valence-corrected chi connectivity index (χ1v) is 5.95. The van der Waals surface area contributed by atoms with Crippen LogP contribution in [0.1, 0.15) is 18.3 Å². The molecular formula is C10H16N6O3. The minimum Gasteiger partial charge on any atom is -0.394 e. The lowest BCUT2D eigenvalue weighted by atomic mass is 10.2. The number of rotatable bonds is 2. The van der Waals surface area contributed by atoms with Gasteiger partial charge in [-0.1, -0.05) is 0 Å². The zero-order chi connectivity index (χ0) is 13.6. The molecular weight excluding hydrogens is 252 g/mol. The summed E-state index contributed by atoms with van der Waals surface area (Å²) >= 11 is 0. The summed E-state index contributed by atoms with van der Waals surface area (Å²) in [6.45, 7) is 0.0805. The molecule has 0 amide bonds. The molecule has 0 unspecified atom stereocenters. The van der Waals surface area contributed by atoms with Crippen molar-refractivity contribution in [2.45, 2.75) is 24.9 Å². The van der Waals surface area contributed by atoms with Gasteiger partial charge >= 0.3 is 0 Å². The normalized spacial score (nSPS) is 30.4. The number of hydrogen-bond donors (Lipinski definition) is 4. The lowest BCUT2D eigenvalue weighted by Crippen LogP contribution is -2.40. The number of hydrogen-bond acceptors (Lipinski definition) is 8. The molecule has 9 nitrogen and oxygen atoms in total. The Labute approximate surface area is 109 Å². The van der Waals surface area contributed by atoms with Gasteiger partial charge in [-0.3, -0.25) is 9.58 Å². The SMILES string of the molecule is NC1=NCN(N)c2c1ncn2[C@@H]1O[C@H](CO)C[C@H]1O. The number of aliphatic hydroxyl groups is 2. The number of aromatic nitrogens is 2. The van der Waals surface area contributed by atoms with Crippen LogP contribution in [0.5, 0.6) is 0 Å². The van der Waals surface area contributed by atoms with Crippen molar-refractivity contribution in [3.05, 3.63) is 12.0 Å². The van der Waals surface area contributed by atoms with Gasteiger partial charge in [-0.05, 0) is 0 Å². The van der Waals surface area contributed by atoms with Crippen LogP contribution in [0.15, 0.2) is 11.3 Å². The number of aliphatic imine (C=N–C) groups is 1. The molecule has 0 bridgehead atoms. The van der Waals surface area contributed by atoms with Crippen molar-refractivity contribution in [2.24, 2.45) is 16.6 Å². The molecule has 2 aliphatic heterocycles. The highest BCUT2D eigenvalue weighted by molar-refractivity contribution is 6.01. The van der Waals surface area contributed by atoms with Gasteiger partial charge in [0, 0.05) is 6.42 Å². The van der Waals surface area contributed by atoms with Crippen LogP contribution < -0.4 is 16.6 Å². The Morgan fingerprint density at radius 3 is 3.00 bits per heavy atom. The smallest absolute Gasteiger partial charge is 0.163 e. The Balaban J connectivity index is 1.97. The number of imidazole rings is 1. The summed E-state index contributed by atoms with van der Waals surface area (Å²) in [4.78, 5) is 8.17. The third-order valence-electron chi connectivity index (χ3n) is 3.32. The number of ether oxygens (including phenoxy) is 1. The lowest BCUT2D eigenvalue weighted by Gasteiger charge is -2.26. The van der Waals surface area contributed by atoms with Crippen molar-refractivity contribution in [3.8, 4) is 0 Å². The molecule has 3 heterocycles. The Bertz CT molecular complexity index is 515. The third-order valence-corrected chi connectivity index (χ3v) is 3.32. The minimum atomic E-state index is -0.732. The summed E-state index contributed by atoms with van der Waals surface area (Å²) in [7, 11) is 0. The molecule has 0 radical (unpaired) electrons. The molecule has 19 heavy (non-hydrogen) atoms. The van der Waals surface area contributed by atoms with Gasteiger partial charge in [-0.25, -0.2) is 15.8 Å². The van der Waals surface area contributed by atoms with Crippen LogP contribution in [0.25, 0.3) is 0 Å². The van der Waals surface area contributed by atoms with Gasteiger partial charge in [0.25, 0.3) is 0 Å². The maximum absolute atomic E-state index is 10.0. The molecule has 1 saturated heterocycles. The topological polar surface area (TPSA) is 135 Å². The van der Waals surface area contributed by atoms with Gasteiger partial charge in [0.1, 0.15) is 24.3 Å². The molecule has 3 rings (SSSR count). The van der Waals surface area contributed by atoms with Crippen LogP contribution in [-0.2, 0) is 4.74 Å². The zero-order valence-electron chi connectivity index (χ0n) is 10.2. The molecule has 0 aromatic carbocycles. The van der Waals surface area contributed by atoms with E-state index in [1.807, 2.05) is 0 Å². The molecule has 1 aromatic rings. The van der Waals surface area contributed by atoms with Gasteiger partial charge in [0.15, 0.2) is 12.0 Å². The van der Waals surface area contributed by atoms with E-state index in [9.17, 15) is 5.11 Å². The lowest BCUT2D eigenvalue weighted by molar-refractivity contribution is -0.0498. The van der Waals surface area contributed by atoms with E-state index >= 15 is 0 Å². The van der Waals surface area contributed by atoms with Crippen LogP contribution in [0.4, 0.5) is 5.82 Å². The van der Waals surface area contributed by atoms with Gasteiger partial charge in [-0.2, -0.15) is 0 Å². The van der Waals surface area contributed by atoms with E-state index in [1.54, 1.807) is 4.57 Å². The van der Waals surface area contributed by atoms with Crippen LogP contribution in [0.3, 0.4) is 0 Å². The molecule has 9 heteroatoms. The Hall–Kier alpha value is -1.68. The Morgan fingerprint density at radius 1 is 1.53 bits per heavy atom. The van der Waals surface area contributed by atoms with E-state index in [2.05, 4.69) is 9.98 Å². The first-order chi connectivity index (χ1) is 9.11. The fourth-order valence-corrected chi connectivity index (χ4v) is 2.40. The number of amidine groups is 1. The van der Waals surface area contributed by atoms with Crippen molar-refractivity contribution in [2.75, 3.05) is 18.3 Å². The van der Waals surface area contributed by atoms with E-state index in [0.29, 0.717) is 23.8 Å². The van der Waals surface area contributed by atoms with E-state index < -0.39 is 12.3 Å². The second kappa shape index (κ2) is 4.46.